The fraction of sp³-hybridized carbons (Fsp3) is 0.429. The molecule has 1 amide bonds. The first-order valence-corrected chi connectivity index (χ1v) is 9.04. The predicted molar refractivity (Wildman–Crippen MR) is 99.8 cm³/mol. The molecule has 4 nitrogen and oxygen atoms in total. The summed E-state index contributed by atoms with van der Waals surface area (Å²) in [6, 6.07) is 11.9. The molecule has 0 atom stereocenters. The van der Waals surface area contributed by atoms with E-state index in [9.17, 15) is 9.59 Å². The molecule has 4 heteroatoms. The highest BCUT2D eigenvalue weighted by Gasteiger charge is 2.23. The van der Waals surface area contributed by atoms with Gasteiger partial charge in [-0.25, -0.2) is 0 Å². The second-order valence-electron chi connectivity index (χ2n) is 7.12. The van der Waals surface area contributed by atoms with Gasteiger partial charge in [-0.05, 0) is 50.2 Å². The summed E-state index contributed by atoms with van der Waals surface area (Å²) in [5.41, 5.74) is 3.05. The Hall–Kier alpha value is -2.36. The quantitative estimate of drug-likeness (QED) is 0.859. The number of rotatable bonds is 4. The molecule has 0 saturated carbocycles. The topological polar surface area (TPSA) is 42.3 Å². The van der Waals surface area contributed by atoms with E-state index in [1.54, 1.807) is 19.3 Å². The van der Waals surface area contributed by atoms with Crippen LogP contribution in [0, 0.1) is 12.8 Å². The molecule has 1 fully saturated rings. The number of likely N-dealkylation sites (tertiary alicyclic amines) is 1. The maximum Gasteiger partial charge on any atom is 0.254 e. The lowest BCUT2D eigenvalue weighted by Crippen LogP contribution is -2.39. The fourth-order valence-electron chi connectivity index (χ4n) is 3.41. The molecule has 1 aromatic carbocycles. The Morgan fingerprint density at radius 2 is 1.80 bits per heavy atom. The minimum atomic E-state index is -0.140. The van der Waals surface area contributed by atoms with Crippen LogP contribution in [0.3, 0.4) is 0 Å². The van der Waals surface area contributed by atoms with Gasteiger partial charge in [-0.1, -0.05) is 29.8 Å². The van der Waals surface area contributed by atoms with Gasteiger partial charge < -0.3 is 9.47 Å². The van der Waals surface area contributed by atoms with Crippen LogP contribution < -0.4 is 5.56 Å². The maximum absolute atomic E-state index is 12.6. The highest BCUT2D eigenvalue weighted by atomic mass is 16.2. The van der Waals surface area contributed by atoms with Crippen LogP contribution in [0.25, 0.3) is 0 Å². The van der Waals surface area contributed by atoms with E-state index in [1.165, 1.54) is 28.2 Å². The van der Waals surface area contributed by atoms with Gasteiger partial charge in [0.05, 0.1) is 0 Å². The van der Waals surface area contributed by atoms with Crippen molar-refractivity contribution in [2.24, 2.45) is 13.0 Å². The van der Waals surface area contributed by atoms with Gasteiger partial charge in [-0.3, -0.25) is 9.59 Å². The Morgan fingerprint density at radius 1 is 1.12 bits per heavy atom. The van der Waals surface area contributed by atoms with E-state index in [4.69, 9.17) is 0 Å². The standard InChI is InChI=1S/C21H26N2O2/c1-16-3-5-17(6-4-16)7-8-18-9-13-23(14-10-18)21(25)19-11-12-22(2)20(24)15-19/h3-6,11-12,15,18H,7-10,13-14H2,1-2H3. The normalized spacial score (nSPS) is 15.4. The molecule has 1 aliphatic rings. The molecule has 0 spiro atoms. The zero-order valence-electron chi connectivity index (χ0n) is 15.1. The zero-order valence-corrected chi connectivity index (χ0v) is 15.1. The van der Waals surface area contributed by atoms with Crippen LogP contribution in [0.2, 0.25) is 0 Å². The molecule has 132 valence electrons. The zero-order chi connectivity index (χ0) is 17.8. The van der Waals surface area contributed by atoms with E-state index in [-0.39, 0.29) is 11.5 Å². The third kappa shape index (κ3) is 4.38. The van der Waals surface area contributed by atoms with Gasteiger partial charge in [0, 0.05) is 38.0 Å². The minimum absolute atomic E-state index is 0.0188. The van der Waals surface area contributed by atoms with Crippen LogP contribution >= 0.6 is 0 Å². The van der Waals surface area contributed by atoms with Crippen LogP contribution in [-0.4, -0.2) is 28.5 Å². The van der Waals surface area contributed by atoms with Crippen molar-refractivity contribution in [2.75, 3.05) is 13.1 Å². The first kappa shape index (κ1) is 17.5. The maximum atomic E-state index is 12.6. The SMILES string of the molecule is Cc1ccc(CCC2CCN(C(=O)c3ccn(C)c(=O)c3)CC2)cc1. The Labute approximate surface area is 149 Å². The van der Waals surface area contributed by atoms with Gasteiger partial charge in [-0.2, -0.15) is 0 Å². The van der Waals surface area contributed by atoms with E-state index in [1.807, 2.05) is 4.90 Å². The van der Waals surface area contributed by atoms with Crippen molar-refractivity contribution in [3.63, 3.8) is 0 Å². The number of aryl methyl sites for hydroxylation is 3. The number of hydrogen-bond acceptors (Lipinski definition) is 2. The molecule has 1 saturated heterocycles. The lowest BCUT2D eigenvalue weighted by Gasteiger charge is -2.32. The first-order chi connectivity index (χ1) is 12.0. The van der Waals surface area contributed by atoms with E-state index in [2.05, 4.69) is 31.2 Å². The number of piperidine rings is 1. The number of carbonyl (C=O) groups excluding carboxylic acids is 1. The van der Waals surface area contributed by atoms with E-state index >= 15 is 0 Å². The van der Waals surface area contributed by atoms with Crippen LogP contribution in [0.15, 0.2) is 47.4 Å². The van der Waals surface area contributed by atoms with Crippen LogP contribution in [-0.2, 0) is 13.5 Å². The average molecular weight is 338 g/mol. The van der Waals surface area contributed by atoms with Crippen molar-refractivity contribution in [2.45, 2.75) is 32.6 Å². The Kier molecular flexibility index (Phi) is 5.37. The summed E-state index contributed by atoms with van der Waals surface area (Å²) in [5.74, 6) is 0.656. The largest absolute Gasteiger partial charge is 0.339 e. The van der Waals surface area contributed by atoms with Crippen molar-refractivity contribution in [3.8, 4) is 0 Å². The number of amides is 1. The van der Waals surface area contributed by atoms with Gasteiger partial charge in [-0.15, -0.1) is 0 Å². The van der Waals surface area contributed by atoms with E-state index in [0.717, 1.165) is 32.4 Å². The number of hydrogen-bond donors (Lipinski definition) is 0. The second-order valence-corrected chi connectivity index (χ2v) is 7.12. The molecule has 2 aromatic rings. The average Bonchev–Trinajstić information content (AvgIpc) is 2.63. The number of nitrogens with zero attached hydrogens (tertiary/aromatic N) is 2. The summed E-state index contributed by atoms with van der Waals surface area (Å²) in [7, 11) is 1.69. The lowest BCUT2D eigenvalue weighted by atomic mass is 9.90. The van der Waals surface area contributed by atoms with Gasteiger partial charge in [0.1, 0.15) is 0 Å². The number of aromatic nitrogens is 1. The van der Waals surface area contributed by atoms with Crippen molar-refractivity contribution in [1.29, 1.82) is 0 Å². The summed E-state index contributed by atoms with van der Waals surface area (Å²) in [4.78, 5) is 26.2. The predicted octanol–water partition coefficient (Wildman–Crippen LogP) is 3.18. The van der Waals surface area contributed by atoms with Gasteiger partial charge in [0.25, 0.3) is 11.5 Å². The third-order valence-electron chi connectivity index (χ3n) is 5.21. The summed E-state index contributed by atoms with van der Waals surface area (Å²) < 4.78 is 1.48. The van der Waals surface area contributed by atoms with Crippen molar-refractivity contribution >= 4 is 5.91 Å². The van der Waals surface area contributed by atoms with Crippen LogP contribution in [0.4, 0.5) is 0 Å². The Balaban J connectivity index is 1.51. The van der Waals surface area contributed by atoms with Crippen LogP contribution in [0.1, 0.15) is 40.7 Å². The molecule has 1 aliphatic heterocycles. The van der Waals surface area contributed by atoms with Gasteiger partial charge in [0.15, 0.2) is 0 Å². The third-order valence-corrected chi connectivity index (χ3v) is 5.21. The molecule has 0 aliphatic carbocycles. The van der Waals surface area contributed by atoms with Gasteiger partial charge in [0.2, 0.25) is 0 Å². The molecule has 2 heterocycles. The van der Waals surface area contributed by atoms with Crippen molar-refractivity contribution < 1.29 is 4.79 Å². The summed E-state index contributed by atoms with van der Waals surface area (Å²) >= 11 is 0. The Morgan fingerprint density at radius 3 is 2.44 bits per heavy atom. The lowest BCUT2D eigenvalue weighted by molar-refractivity contribution is 0.0686. The minimum Gasteiger partial charge on any atom is -0.339 e. The molecule has 1 aromatic heterocycles. The molecule has 0 radical (unpaired) electrons. The molecule has 0 bridgehead atoms. The first-order valence-electron chi connectivity index (χ1n) is 9.04. The summed E-state index contributed by atoms with van der Waals surface area (Å²) in [6.07, 6.45) is 6.03. The molecular weight excluding hydrogens is 312 g/mol. The number of carbonyl (C=O) groups is 1. The van der Waals surface area contributed by atoms with Crippen molar-refractivity contribution in [1.82, 2.24) is 9.47 Å². The molecule has 0 N–H and O–H groups in total. The molecule has 0 unspecified atom stereocenters. The molecular formula is C21H26N2O2. The Bertz CT molecular complexity index is 784. The molecule has 3 rings (SSSR count). The highest BCUT2D eigenvalue weighted by molar-refractivity contribution is 5.94. The van der Waals surface area contributed by atoms with E-state index in [0.29, 0.717) is 11.5 Å². The molecule has 25 heavy (non-hydrogen) atoms. The summed E-state index contributed by atoms with van der Waals surface area (Å²) in [6.45, 7) is 3.68. The summed E-state index contributed by atoms with van der Waals surface area (Å²) in [5, 5.41) is 0. The number of benzene rings is 1. The monoisotopic (exact) mass is 338 g/mol. The van der Waals surface area contributed by atoms with Gasteiger partial charge >= 0.3 is 0 Å². The van der Waals surface area contributed by atoms with E-state index < -0.39 is 0 Å². The highest BCUT2D eigenvalue weighted by Crippen LogP contribution is 2.23. The smallest absolute Gasteiger partial charge is 0.254 e. The second kappa shape index (κ2) is 7.68. The fourth-order valence-corrected chi connectivity index (χ4v) is 3.41. The van der Waals surface area contributed by atoms with Crippen LogP contribution in [0.5, 0.6) is 0 Å². The number of pyridine rings is 1. The van der Waals surface area contributed by atoms with Crippen molar-refractivity contribution in [3.05, 3.63) is 69.6 Å².